The summed E-state index contributed by atoms with van der Waals surface area (Å²) in [6.07, 6.45) is -1.93. The molecule has 0 aliphatic carbocycles. The van der Waals surface area contributed by atoms with Gasteiger partial charge in [-0.15, -0.1) is 0 Å². The number of nitrogens with one attached hydrogen (secondary N) is 11. The smallest absolute Gasteiger partial charge is 0.326 e. The second-order valence-electron chi connectivity index (χ2n) is 22.3. The highest BCUT2D eigenvalue weighted by atomic mass is 16.4. The van der Waals surface area contributed by atoms with Gasteiger partial charge in [0, 0.05) is 13.0 Å². The van der Waals surface area contributed by atoms with Crippen LogP contribution in [-0.4, -0.2) is 180 Å². The second kappa shape index (κ2) is 39.8. The molecule has 0 heterocycles. The summed E-state index contributed by atoms with van der Waals surface area (Å²) < 4.78 is 0. The Kier molecular flexibility index (Phi) is 35.8. The van der Waals surface area contributed by atoms with E-state index in [9.17, 15) is 77.0 Å². The molecule has 0 rings (SSSR count). The number of unbranched alkanes of at least 4 members (excludes halogenated alkanes) is 1. The van der Waals surface area contributed by atoms with Crippen LogP contribution in [0.3, 0.4) is 0 Å². The molecule has 87 heavy (non-hydrogen) atoms. The van der Waals surface area contributed by atoms with Crippen LogP contribution in [0.1, 0.15) is 133 Å². The van der Waals surface area contributed by atoms with Crippen molar-refractivity contribution in [2.45, 2.75) is 200 Å². The molecule has 0 saturated heterocycles. The third kappa shape index (κ3) is 30.8. The van der Waals surface area contributed by atoms with Gasteiger partial charge in [0.2, 0.25) is 83.2 Å². The minimum atomic E-state index is -1.81. The number of hydrogen-bond acceptors (Lipinski definition) is 17. The zero-order valence-corrected chi connectivity index (χ0v) is 51.2. The van der Waals surface area contributed by atoms with E-state index in [0.29, 0.717) is 12.8 Å². The van der Waals surface area contributed by atoms with Crippen molar-refractivity contribution in [1.82, 2.24) is 58.5 Å². The first-order valence-corrected chi connectivity index (χ1v) is 28.5. The lowest BCUT2D eigenvalue weighted by Crippen LogP contribution is -2.61. The van der Waals surface area contributed by atoms with E-state index in [0.717, 1.165) is 0 Å². The van der Waals surface area contributed by atoms with E-state index in [1.165, 1.54) is 27.7 Å². The number of carboxylic acid groups (broad SMARTS) is 1. The van der Waals surface area contributed by atoms with Crippen LogP contribution in [-0.2, 0) is 71.9 Å². The van der Waals surface area contributed by atoms with Crippen molar-refractivity contribution in [2.75, 3.05) is 13.1 Å². The summed E-state index contributed by atoms with van der Waals surface area (Å²) in [5.41, 5.74) is 32.7. The molecule has 24 N–H and O–H groups in total. The van der Waals surface area contributed by atoms with Crippen LogP contribution in [0.15, 0.2) is 4.99 Å². The fourth-order valence-electron chi connectivity index (χ4n) is 8.24. The van der Waals surface area contributed by atoms with Gasteiger partial charge in [-0.2, -0.15) is 0 Å². The predicted molar refractivity (Wildman–Crippen MR) is 314 cm³/mol. The highest BCUT2D eigenvalue weighted by molar-refractivity contribution is 6.00. The molecule has 0 fully saturated rings. The summed E-state index contributed by atoms with van der Waals surface area (Å²) in [5.74, 6) is -16.1. The van der Waals surface area contributed by atoms with Gasteiger partial charge in [0.05, 0.1) is 12.8 Å². The molecule has 11 unspecified atom stereocenters. The zero-order valence-electron chi connectivity index (χ0n) is 51.2. The molecule has 0 aromatic carbocycles. The summed E-state index contributed by atoms with van der Waals surface area (Å²) >= 11 is 0. The minimum absolute atomic E-state index is 0.0348. The van der Waals surface area contributed by atoms with Gasteiger partial charge in [0.15, 0.2) is 5.96 Å². The quantitative estimate of drug-likeness (QED) is 0.0117. The van der Waals surface area contributed by atoms with Crippen LogP contribution < -0.4 is 92.9 Å². The van der Waals surface area contributed by atoms with Gasteiger partial charge in [-0.1, -0.05) is 55.4 Å². The monoisotopic (exact) mass is 1240 g/mol. The molecular formula is C53H94N18O16. The van der Waals surface area contributed by atoms with Gasteiger partial charge in [-0.3, -0.25) is 72.1 Å². The van der Waals surface area contributed by atoms with Crippen molar-refractivity contribution in [3.8, 4) is 0 Å². The molecule has 0 saturated carbocycles. The van der Waals surface area contributed by atoms with Crippen LogP contribution in [0.4, 0.5) is 0 Å². The number of carboxylic acids is 1. The van der Waals surface area contributed by atoms with Crippen molar-refractivity contribution in [1.29, 1.82) is 0 Å². The lowest BCUT2D eigenvalue weighted by Gasteiger charge is -2.28. The van der Waals surface area contributed by atoms with E-state index in [4.69, 9.17) is 34.4 Å². The molecule has 11 atom stereocenters. The van der Waals surface area contributed by atoms with Gasteiger partial charge in [-0.05, 0) is 89.0 Å². The maximum Gasteiger partial charge on any atom is 0.326 e. The molecule has 34 nitrogen and oxygen atoms in total. The summed E-state index contributed by atoms with van der Waals surface area (Å²) in [4.78, 5) is 200. The molecule has 0 aromatic rings. The van der Waals surface area contributed by atoms with E-state index >= 15 is 0 Å². The van der Waals surface area contributed by atoms with Crippen molar-refractivity contribution in [3.05, 3.63) is 0 Å². The van der Waals surface area contributed by atoms with Crippen molar-refractivity contribution < 1.29 is 77.0 Å². The summed E-state index contributed by atoms with van der Waals surface area (Å²) in [5, 5.41) is 36.3. The Hall–Kier alpha value is -8.72. The first-order valence-electron chi connectivity index (χ1n) is 28.5. The van der Waals surface area contributed by atoms with Gasteiger partial charge >= 0.3 is 5.97 Å². The zero-order chi connectivity index (χ0) is 67.0. The number of guanidine groups is 1. The van der Waals surface area contributed by atoms with Crippen molar-refractivity contribution in [3.63, 3.8) is 0 Å². The van der Waals surface area contributed by atoms with E-state index in [1.54, 1.807) is 41.5 Å². The summed E-state index contributed by atoms with van der Waals surface area (Å²) in [6.45, 7) is 15.7. The molecular weight excluding hydrogens is 1140 g/mol. The minimum Gasteiger partial charge on any atom is -0.480 e. The Morgan fingerprint density at radius 2 is 0.782 bits per heavy atom. The van der Waals surface area contributed by atoms with Crippen LogP contribution in [0, 0.1) is 23.7 Å². The fraction of sp³-hybridized carbons (Fsp3) is 0.698. The van der Waals surface area contributed by atoms with Crippen LogP contribution in [0.5, 0.6) is 0 Å². The lowest BCUT2D eigenvalue weighted by molar-refractivity contribution is -0.144. The Morgan fingerprint density at radius 1 is 0.414 bits per heavy atom. The van der Waals surface area contributed by atoms with Gasteiger partial charge in [0.1, 0.15) is 66.5 Å². The van der Waals surface area contributed by atoms with Gasteiger partial charge in [0.25, 0.3) is 0 Å². The molecule has 0 aliphatic heterocycles. The number of aliphatic imine (C=N–C) groups is 1. The average Bonchev–Trinajstić information content (AvgIpc) is 2.90. The van der Waals surface area contributed by atoms with Crippen LogP contribution in [0.25, 0.3) is 0 Å². The van der Waals surface area contributed by atoms with E-state index in [1.807, 2.05) is 0 Å². The largest absolute Gasteiger partial charge is 0.480 e. The Balaban J connectivity index is 6.82. The molecule has 34 heteroatoms. The third-order valence-corrected chi connectivity index (χ3v) is 13.1. The molecule has 0 bridgehead atoms. The Bertz CT molecular complexity index is 2440. The molecule has 0 aromatic heterocycles. The number of rotatable bonds is 43. The normalized spacial score (nSPS) is 14.9. The number of carbonyl (C=O) groups is 15. The lowest BCUT2D eigenvalue weighted by atomic mass is 9.99. The summed E-state index contributed by atoms with van der Waals surface area (Å²) in [6, 6.07) is -15.9. The van der Waals surface area contributed by atoms with Gasteiger partial charge in [-0.25, -0.2) is 4.79 Å². The number of nitrogens with zero attached hydrogens (tertiary/aromatic N) is 1. The molecule has 492 valence electrons. The van der Waals surface area contributed by atoms with E-state index < -0.39 is 187 Å². The first-order chi connectivity index (χ1) is 40.5. The highest BCUT2D eigenvalue weighted by Gasteiger charge is 2.37. The maximum absolute atomic E-state index is 14.2. The number of amides is 14. The molecule has 0 radical (unpaired) electrons. The van der Waals surface area contributed by atoms with Crippen LogP contribution >= 0.6 is 0 Å². The predicted octanol–water partition coefficient (Wildman–Crippen LogP) is -6.71. The summed E-state index contributed by atoms with van der Waals surface area (Å²) in [7, 11) is 0. The van der Waals surface area contributed by atoms with Crippen molar-refractivity contribution in [2.24, 2.45) is 63.1 Å². The van der Waals surface area contributed by atoms with Gasteiger partial charge < -0.3 is 98.0 Å². The number of aliphatic carboxylic acids is 1. The number of carbonyl (C=O) groups excluding carboxylic acids is 14. The Labute approximate surface area is 505 Å². The van der Waals surface area contributed by atoms with Crippen LogP contribution in [0.2, 0.25) is 0 Å². The SMILES string of the molecule is CC(C)CC(NC(=O)C(CCC(N)=O)NC(=O)C(C)NC(=O)C(NC(=O)C(NC=O)C(C)C)C(C)C)C(=O)NC(CC(N)=O)C(=O)NC(CCCCN)C(=O)NC(CCCN=C(N)N)C(=O)NC(C)C(=O)NC(C(=O)NC(CC(N)=O)C(=O)O)C(C)C. The standard InChI is InChI=1S/C53H94N18O16/c1-24(2)20-33(67-46(80)32(16-17-36(55)73)64-42(76)28(9)63-50(84)40(26(5)6)71-49(83)39(25(3)4)61-23-72)47(81)68-34(21-37(56)74)48(82)66-30(14-11-12-18-54)45(79)65-31(15-13-19-60-53(58)59)44(78)62-29(10)43(77)70-41(27(7)8)51(85)69-35(52(86)87)22-38(57)75/h23-35,39-41H,11-22,54H2,1-10H3,(H2,55,73)(H2,56,74)(H2,57,75)(H,61,72)(H,62,78)(H,63,84)(H,64,76)(H,65,79)(H,66,82)(H,67,80)(H,68,81)(H,69,85)(H,70,77)(H,71,83)(H,86,87)(H4,58,59,60). The topological polar surface area (TPSA) is 577 Å². The third-order valence-electron chi connectivity index (χ3n) is 13.1. The maximum atomic E-state index is 14.2. The number of hydrogen-bond donors (Lipinski definition) is 18. The molecule has 14 amide bonds. The average molecular weight is 1240 g/mol. The number of nitrogens with two attached hydrogens (primary N) is 6. The molecule has 0 aliphatic rings. The van der Waals surface area contributed by atoms with Crippen molar-refractivity contribution >= 4 is 95.1 Å². The first kappa shape index (κ1) is 78.3. The fourth-order valence-corrected chi connectivity index (χ4v) is 8.24. The number of primary amides is 3. The van der Waals surface area contributed by atoms with E-state index in [2.05, 4.69) is 63.5 Å². The molecule has 0 spiro atoms. The second-order valence-corrected chi connectivity index (χ2v) is 22.3. The highest BCUT2D eigenvalue weighted by Crippen LogP contribution is 2.12. The van der Waals surface area contributed by atoms with E-state index in [-0.39, 0.29) is 63.0 Å². The Morgan fingerprint density at radius 3 is 1.23 bits per heavy atom.